The lowest BCUT2D eigenvalue weighted by Crippen LogP contribution is -2.32. The van der Waals surface area contributed by atoms with E-state index in [1.165, 1.54) is 7.11 Å². The second kappa shape index (κ2) is 8.53. The fourth-order valence-corrected chi connectivity index (χ4v) is 2.97. The summed E-state index contributed by atoms with van der Waals surface area (Å²) in [4.78, 5) is 23.4. The SMILES string of the molecule is CCOC(=O)C1=C(CO)NC(C=C=O)=C(OC)C1c1ccccc1Cl. The average Bonchev–Trinajstić information content (AvgIpc) is 2.61. The number of ether oxygens (including phenoxy) is 2. The minimum atomic E-state index is -0.735. The summed E-state index contributed by atoms with van der Waals surface area (Å²) in [6.45, 7) is 1.40. The van der Waals surface area contributed by atoms with E-state index in [0.29, 0.717) is 22.0 Å². The molecule has 1 aromatic carbocycles. The van der Waals surface area contributed by atoms with Gasteiger partial charge in [0.1, 0.15) is 11.7 Å². The van der Waals surface area contributed by atoms with Crippen molar-refractivity contribution in [3.63, 3.8) is 0 Å². The maximum absolute atomic E-state index is 12.5. The van der Waals surface area contributed by atoms with Gasteiger partial charge in [-0.05, 0) is 18.6 Å². The number of hydrogen-bond acceptors (Lipinski definition) is 6. The molecule has 0 saturated carbocycles. The van der Waals surface area contributed by atoms with Crippen molar-refractivity contribution >= 4 is 23.5 Å². The zero-order chi connectivity index (χ0) is 18.4. The van der Waals surface area contributed by atoms with Crippen LogP contribution in [0.3, 0.4) is 0 Å². The van der Waals surface area contributed by atoms with E-state index in [0.717, 1.165) is 6.08 Å². The third-order valence-electron chi connectivity index (χ3n) is 3.72. The van der Waals surface area contributed by atoms with Crippen molar-refractivity contribution in [1.29, 1.82) is 0 Å². The number of allylic oxidation sites excluding steroid dienone is 2. The van der Waals surface area contributed by atoms with Crippen LogP contribution in [0, 0.1) is 0 Å². The fourth-order valence-electron chi connectivity index (χ4n) is 2.73. The topological polar surface area (TPSA) is 84.9 Å². The normalized spacial score (nSPS) is 16.9. The number of nitrogens with one attached hydrogen (secondary N) is 1. The number of carbonyl (C=O) groups is 1. The maximum atomic E-state index is 12.5. The number of aliphatic hydroxyl groups excluding tert-OH is 1. The molecular weight excluding hydrogens is 346 g/mol. The number of hydrogen-bond donors (Lipinski definition) is 2. The largest absolute Gasteiger partial charge is 0.498 e. The molecule has 2 N–H and O–H groups in total. The predicted molar refractivity (Wildman–Crippen MR) is 92.4 cm³/mol. The molecule has 0 spiro atoms. The summed E-state index contributed by atoms with van der Waals surface area (Å²) in [7, 11) is 1.42. The molecule has 1 aliphatic heterocycles. The number of carbonyl (C=O) groups excluding carboxylic acids is 2. The van der Waals surface area contributed by atoms with Gasteiger partial charge in [0.25, 0.3) is 0 Å². The van der Waals surface area contributed by atoms with Crippen LogP contribution in [0.15, 0.2) is 53.1 Å². The average molecular weight is 364 g/mol. The quantitative estimate of drug-likeness (QED) is 0.594. The van der Waals surface area contributed by atoms with Crippen LogP contribution in [-0.2, 0) is 19.1 Å². The molecule has 0 saturated heterocycles. The highest BCUT2D eigenvalue weighted by Crippen LogP contribution is 2.41. The Hall–Kier alpha value is -2.53. The molecule has 25 heavy (non-hydrogen) atoms. The number of aliphatic hydroxyl groups is 1. The van der Waals surface area contributed by atoms with Gasteiger partial charge in [0, 0.05) is 11.1 Å². The summed E-state index contributed by atoms with van der Waals surface area (Å²) >= 11 is 6.32. The molecule has 1 unspecified atom stereocenters. The Kier molecular flexibility index (Phi) is 6.42. The second-order valence-corrected chi connectivity index (χ2v) is 5.50. The molecule has 0 bridgehead atoms. The number of rotatable bonds is 6. The van der Waals surface area contributed by atoms with Crippen molar-refractivity contribution in [3.8, 4) is 0 Å². The highest BCUT2D eigenvalue weighted by Gasteiger charge is 2.37. The van der Waals surface area contributed by atoms with Crippen molar-refractivity contribution < 1.29 is 24.2 Å². The molecular formula is C18H18ClNO5. The first-order chi connectivity index (χ1) is 12.1. The van der Waals surface area contributed by atoms with Gasteiger partial charge in [0.05, 0.1) is 43.2 Å². The zero-order valence-corrected chi connectivity index (χ0v) is 14.6. The van der Waals surface area contributed by atoms with E-state index in [1.54, 1.807) is 37.1 Å². The van der Waals surface area contributed by atoms with Crippen LogP contribution in [0.1, 0.15) is 18.4 Å². The number of benzene rings is 1. The first-order valence-electron chi connectivity index (χ1n) is 7.60. The Morgan fingerprint density at radius 2 is 2.16 bits per heavy atom. The molecule has 1 aromatic rings. The van der Waals surface area contributed by atoms with E-state index < -0.39 is 18.5 Å². The van der Waals surface area contributed by atoms with Crippen molar-refractivity contribution in [3.05, 3.63) is 63.7 Å². The van der Waals surface area contributed by atoms with E-state index in [9.17, 15) is 14.7 Å². The van der Waals surface area contributed by atoms with Gasteiger partial charge in [-0.25, -0.2) is 9.59 Å². The second-order valence-electron chi connectivity index (χ2n) is 5.09. The van der Waals surface area contributed by atoms with Crippen LogP contribution in [0.25, 0.3) is 0 Å². The van der Waals surface area contributed by atoms with E-state index in [2.05, 4.69) is 5.32 Å². The monoisotopic (exact) mass is 363 g/mol. The van der Waals surface area contributed by atoms with Crippen molar-refractivity contribution in [2.45, 2.75) is 12.8 Å². The summed E-state index contributed by atoms with van der Waals surface area (Å²) in [5.74, 6) is 0.637. The van der Waals surface area contributed by atoms with Gasteiger partial charge in [0.15, 0.2) is 0 Å². The minimum absolute atomic E-state index is 0.170. The summed E-state index contributed by atoms with van der Waals surface area (Å²) in [5, 5.41) is 13.0. The van der Waals surface area contributed by atoms with E-state index in [1.807, 2.05) is 0 Å². The van der Waals surface area contributed by atoms with Gasteiger partial charge in [-0.3, -0.25) is 0 Å². The lowest BCUT2D eigenvalue weighted by atomic mass is 9.84. The Bertz CT molecular complexity index is 777. The third-order valence-corrected chi connectivity index (χ3v) is 4.06. The molecule has 0 aliphatic carbocycles. The highest BCUT2D eigenvalue weighted by molar-refractivity contribution is 6.31. The summed E-state index contributed by atoms with van der Waals surface area (Å²) in [6.07, 6.45) is 1.14. The number of halogens is 1. The Labute approximate surface area is 150 Å². The molecule has 1 heterocycles. The van der Waals surface area contributed by atoms with E-state index >= 15 is 0 Å². The molecule has 1 atom stereocenters. The lowest BCUT2D eigenvalue weighted by molar-refractivity contribution is -0.139. The van der Waals surface area contributed by atoms with Gasteiger partial charge < -0.3 is 19.9 Å². The number of dihydropyridines is 1. The Morgan fingerprint density at radius 3 is 2.72 bits per heavy atom. The Morgan fingerprint density at radius 1 is 1.44 bits per heavy atom. The van der Waals surface area contributed by atoms with Gasteiger partial charge in [-0.1, -0.05) is 29.8 Å². The standard InChI is InChI=1S/C18H18ClNO5/c1-3-25-18(23)16-14(10-22)20-13(8-9-21)17(24-2)15(16)11-6-4-5-7-12(11)19/h4-8,15,20,22H,3,10H2,1-2H3. The number of esters is 1. The molecule has 132 valence electrons. The summed E-state index contributed by atoms with van der Waals surface area (Å²) in [5.41, 5.74) is 1.27. The molecule has 0 fully saturated rings. The third kappa shape index (κ3) is 3.77. The molecule has 0 aromatic heterocycles. The van der Waals surface area contributed by atoms with Crippen LogP contribution in [0.5, 0.6) is 0 Å². The smallest absolute Gasteiger partial charge is 0.336 e. The van der Waals surface area contributed by atoms with Gasteiger partial charge in [-0.15, -0.1) is 0 Å². The lowest BCUT2D eigenvalue weighted by Gasteiger charge is -2.31. The minimum Gasteiger partial charge on any atom is -0.498 e. The van der Waals surface area contributed by atoms with Gasteiger partial charge >= 0.3 is 5.97 Å². The molecule has 6 nitrogen and oxygen atoms in total. The zero-order valence-electron chi connectivity index (χ0n) is 13.8. The van der Waals surface area contributed by atoms with Crippen molar-refractivity contribution in [2.75, 3.05) is 20.3 Å². The highest BCUT2D eigenvalue weighted by atomic mass is 35.5. The van der Waals surface area contributed by atoms with Gasteiger partial charge in [0.2, 0.25) is 0 Å². The van der Waals surface area contributed by atoms with Gasteiger partial charge in [-0.2, -0.15) is 0 Å². The van der Waals surface area contributed by atoms with Crippen LogP contribution in [0.4, 0.5) is 0 Å². The summed E-state index contributed by atoms with van der Waals surface area (Å²) < 4.78 is 10.6. The van der Waals surface area contributed by atoms with Crippen LogP contribution < -0.4 is 5.32 Å². The molecule has 1 aliphatic rings. The predicted octanol–water partition coefficient (Wildman–Crippen LogP) is 2.08. The molecule has 0 amide bonds. The first kappa shape index (κ1) is 18.8. The van der Waals surface area contributed by atoms with Crippen molar-refractivity contribution in [1.82, 2.24) is 5.32 Å². The molecule has 0 radical (unpaired) electrons. The van der Waals surface area contributed by atoms with Crippen LogP contribution in [0.2, 0.25) is 5.02 Å². The fraction of sp³-hybridized carbons (Fsp3) is 0.278. The van der Waals surface area contributed by atoms with Crippen LogP contribution in [-0.4, -0.2) is 37.3 Å². The van der Waals surface area contributed by atoms with E-state index in [4.69, 9.17) is 21.1 Å². The number of methoxy groups -OCH3 is 1. The maximum Gasteiger partial charge on any atom is 0.336 e. The molecule has 2 rings (SSSR count). The molecule has 7 heteroatoms. The van der Waals surface area contributed by atoms with Crippen molar-refractivity contribution in [2.24, 2.45) is 0 Å². The first-order valence-corrected chi connectivity index (χ1v) is 7.98. The Balaban J connectivity index is 2.75. The summed E-state index contributed by atoms with van der Waals surface area (Å²) in [6, 6.07) is 6.96. The van der Waals surface area contributed by atoms with E-state index in [-0.39, 0.29) is 17.9 Å². The van der Waals surface area contributed by atoms with Crippen LogP contribution >= 0.6 is 11.6 Å².